The minimum Gasteiger partial charge on any atom is -0.455 e. The van der Waals surface area contributed by atoms with Gasteiger partial charge in [0.25, 0.3) is 0 Å². The number of carbonyl (C=O) groups is 1. The summed E-state index contributed by atoms with van der Waals surface area (Å²) in [4.78, 5) is 40.6. The van der Waals surface area contributed by atoms with E-state index in [0.29, 0.717) is 33.2 Å². The molecular weight excluding hydrogens is 422 g/mol. The third-order valence-electron chi connectivity index (χ3n) is 6.41. The predicted molar refractivity (Wildman–Crippen MR) is 120 cm³/mol. The molecule has 0 fully saturated rings. The van der Waals surface area contributed by atoms with Gasteiger partial charge in [-0.25, -0.2) is 9.59 Å². The van der Waals surface area contributed by atoms with Crippen molar-refractivity contribution in [2.24, 2.45) is 0 Å². The van der Waals surface area contributed by atoms with Crippen LogP contribution in [-0.2, 0) is 10.2 Å². The highest BCUT2D eigenvalue weighted by Crippen LogP contribution is 2.56. The first-order valence-corrected chi connectivity index (χ1v) is 10.3. The third kappa shape index (κ3) is 2.06. The second kappa shape index (κ2) is 5.98. The molecular formula is C26H13NO6. The summed E-state index contributed by atoms with van der Waals surface area (Å²) in [5, 5.41) is 3.87. The molecule has 0 atom stereocenters. The van der Waals surface area contributed by atoms with E-state index in [2.05, 4.69) is 5.32 Å². The van der Waals surface area contributed by atoms with Crippen LogP contribution in [0.25, 0.3) is 21.9 Å². The Hall–Kier alpha value is -4.65. The van der Waals surface area contributed by atoms with Gasteiger partial charge in [0.15, 0.2) is 11.5 Å². The number of hydrogen-bond donors (Lipinski definition) is 1. The maximum atomic E-state index is 13.8. The van der Waals surface area contributed by atoms with Crippen LogP contribution in [0, 0.1) is 0 Å². The lowest BCUT2D eigenvalue weighted by Crippen LogP contribution is -2.46. The summed E-state index contributed by atoms with van der Waals surface area (Å²) in [6, 6.07) is 20.8. The minimum atomic E-state index is -1.78. The van der Waals surface area contributed by atoms with Crippen LogP contribution in [0.2, 0.25) is 0 Å². The van der Waals surface area contributed by atoms with E-state index < -0.39 is 22.6 Å². The molecule has 1 spiro atoms. The van der Waals surface area contributed by atoms with E-state index in [0.717, 1.165) is 0 Å². The molecule has 0 unspecified atom stereocenters. The maximum absolute atomic E-state index is 13.8. The molecule has 3 aromatic carbocycles. The van der Waals surface area contributed by atoms with Crippen LogP contribution in [0.4, 0.5) is 5.69 Å². The average Bonchev–Trinajstić information content (AvgIpc) is 3.11. The van der Waals surface area contributed by atoms with Gasteiger partial charge in [-0.1, -0.05) is 42.5 Å². The van der Waals surface area contributed by atoms with E-state index in [1.807, 2.05) is 0 Å². The number of nitrogens with one attached hydrogen (secondary N) is 1. The van der Waals surface area contributed by atoms with Crippen molar-refractivity contribution >= 4 is 33.5 Å². The van der Waals surface area contributed by atoms with Gasteiger partial charge in [-0.3, -0.25) is 4.79 Å². The number of fused-ring (bicyclic) bond motifs is 10. The van der Waals surface area contributed by atoms with Crippen molar-refractivity contribution in [2.45, 2.75) is 5.41 Å². The van der Waals surface area contributed by atoms with Crippen molar-refractivity contribution in [3.63, 3.8) is 0 Å². The fourth-order valence-corrected chi connectivity index (χ4v) is 5.08. The van der Waals surface area contributed by atoms with Crippen molar-refractivity contribution in [1.29, 1.82) is 0 Å². The minimum absolute atomic E-state index is 0.0428. The Bertz CT molecular complexity index is 1700. The topological polar surface area (TPSA) is 98.8 Å². The van der Waals surface area contributed by atoms with E-state index >= 15 is 0 Å². The highest BCUT2D eigenvalue weighted by molar-refractivity contribution is 6.14. The second-order valence-electron chi connectivity index (χ2n) is 8.03. The molecule has 158 valence electrons. The van der Waals surface area contributed by atoms with Gasteiger partial charge in [0.2, 0.25) is 5.91 Å². The zero-order chi connectivity index (χ0) is 22.3. The second-order valence-corrected chi connectivity index (χ2v) is 8.03. The summed E-state index contributed by atoms with van der Waals surface area (Å²) >= 11 is 0. The number of benzene rings is 3. The number of hydrogen-bond acceptors (Lipinski definition) is 6. The summed E-state index contributed by atoms with van der Waals surface area (Å²) in [5.41, 5.74) is -1.78. The standard InChI is InChI=1S/C26H13NO6/c28-23-19-21(13-7-1-5-11-17(13)31-23)33-22-14-8-2-6-12-18(14)32-24(29)20(22)26(19)15-9-3-4-10-16(15)27-25(26)30/h1-12H,(H,27,30). The van der Waals surface area contributed by atoms with Crippen molar-refractivity contribution in [3.8, 4) is 11.5 Å². The van der Waals surface area contributed by atoms with Gasteiger partial charge in [0.05, 0.1) is 10.8 Å². The molecule has 1 N–H and O–H groups in total. The van der Waals surface area contributed by atoms with Crippen LogP contribution in [0.1, 0.15) is 16.7 Å². The Morgan fingerprint density at radius 3 is 1.76 bits per heavy atom. The molecule has 0 bridgehead atoms. The molecule has 2 aliphatic heterocycles. The molecule has 33 heavy (non-hydrogen) atoms. The number of rotatable bonds is 0. The van der Waals surface area contributed by atoms with Crippen LogP contribution in [0.5, 0.6) is 11.5 Å². The molecule has 7 rings (SSSR count). The third-order valence-corrected chi connectivity index (χ3v) is 6.41. The summed E-state index contributed by atoms with van der Waals surface area (Å²) in [7, 11) is 0. The molecule has 1 amide bonds. The molecule has 7 nitrogen and oxygen atoms in total. The largest absolute Gasteiger partial charge is 0.455 e. The lowest BCUT2D eigenvalue weighted by atomic mass is 9.69. The van der Waals surface area contributed by atoms with Crippen molar-refractivity contribution < 1.29 is 18.4 Å². The first-order chi connectivity index (χ1) is 16.1. The van der Waals surface area contributed by atoms with Crippen LogP contribution in [0.3, 0.4) is 0 Å². The monoisotopic (exact) mass is 435 g/mol. The maximum Gasteiger partial charge on any atom is 0.345 e. The van der Waals surface area contributed by atoms with Gasteiger partial charge < -0.3 is 18.9 Å². The van der Waals surface area contributed by atoms with Crippen LogP contribution in [-0.4, -0.2) is 5.91 Å². The quantitative estimate of drug-likeness (QED) is 0.364. The van der Waals surface area contributed by atoms with Gasteiger partial charge in [-0.05, 0) is 30.3 Å². The molecule has 0 saturated carbocycles. The molecule has 5 aromatic rings. The number of carbonyl (C=O) groups excluding carboxylic acids is 1. The van der Waals surface area contributed by atoms with E-state index in [-0.39, 0.29) is 22.6 Å². The summed E-state index contributed by atoms with van der Waals surface area (Å²) in [6.45, 7) is 0. The average molecular weight is 435 g/mol. The number of anilines is 1. The first-order valence-electron chi connectivity index (χ1n) is 10.3. The van der Waals surface area contributed by atoms with E-state index in [1.54, 1.807) is 72.8 Å². The lowest BCUT2D eigenvalue weighted by molar-refractivity contribution is -0.118. The number of para-hydroxylation sites is 3. The van der Waals surface area contributed by atoms with Gasteiger partial charge in [0.1, 0.15) is 27.7 Å². The highest BCUT2D eigenvalue weighted by Gasteiger charge is 2.59. The smallest absolute Gasteiger partial charge is 0.345 e. The van der Waals surface area contributed by atoms with Gasteiger partial charge in [-0.15, -0.1) is 0 Å². The van der Waals surface area contributed by atoms with E-state index in [4.69, 9.17) is 13.6 Å². The summed E-state index contributed by atoms with van der Waals surface area (Å²) in [6.07, 6.45) is 0. The van der Waals surface area contributed by atoms with Crippen molar-refractivity contribution in [2.75, 3.05) is 5.32 Å². The Labute approximate surface area is 184 Å². The SMILES string of the molecule is O=C1Nc2ccccc2C12c1c(c3ccccc3oc1=O)Oc1c2c(=O)oc2ccccc12. The fourth-order valence-electron chi connectivity index (χ4n) is 5.08. The van der Waals surface area contributed by atoms with Crippen LogP contribution < -0.4 is 21.3 Å². The van der Waals surface area contributed by atoms with E-state index in [1.165, 1.54) is 0 Å². The molecule has 7 heteroatoms. The Balaban J connectivity index is 1.77. The number of ether oxygens (including phenoxy) is 1. The van der Waals surface area contributed by atoms with Crippen LogP contribution in [0.15, 0.2) is 91.2 Å². The zero-order valence-corrected chi connectivity index (χ0v) is 16.9. The van der Waals surface area contributed by atoms with Gasteiger partial charge in [-0.2, -0.15) is 0 Å². The summed E-state index contributed by atoms with van der Waals surface area (Å²) < 4.78 is 17.5. The molecule has 2 aromatic heterocycles. The zero-order valence-electron chi connectivity index (χ0n) is 16.9. The normalized spacial score (nSPS) is 15.1. The molecule has 0 aliphatic carbocycles. The van der Waals surface area contributed by atoms with Gasteiger partial charge >= 0.3 is 11.3 Å². The Morgan fingerprint density at radius 1 is 0.636 bits per heavy atom. The van der Waals surface area contributed by atoms with Crippen molar-refractivity contribution in [1.82, 2.24) is 0 Å². The Morgan fingerprint density at radius 2 is 1.15 bits per heavy atom. The van der Waals surface area contributed by atoms with Crippen molar-refractivity contribution in [3.05, 3.63) is 110 Å². The first kappa shape index (κ1) is 18.0. The highest BCUT2D eigenvalue weighted by atomic mass is 16.5. The molecule has 0 saturated heterocycles. The molecule has 2 aliphatic rings. The summed E-state index contributed by atoms with van der Waals surface area (Å²) in [5.74, 6) is -0.159. The molecule has 4 heterocycles. The van der Waals surface area contributed by atoms with Gasteiger partial charge in [0, 0.05) is 11.3 Å². The number of amides is 1. The lowest BCUT2D eigenvalue weighted by Gasteiger charge is -2.34. The Kier molecular flexibility index (Phi) is 3.26. The van der Waals surface area contributed by atoms with Crippen LogP contribution >= 0.6 is 0 Å². The van der Waals surface area contributed by atoms with E-state index in [9.17, 15) is 14.4 Å². The fraction of sp³-hybridized carbons (Fsp3) is 0.0385. The molecule has 0 radical (unpaired) electrons. The predicted octanol–water partition coefficient (Wildman–Crippen LogP) is 4.29.